The Labute approximate surface area is 118 Å². The van der Waals surface area contributed by atoms with Crippen molar-refractivity contribution in [2.24, 2.45) is 5.92 Å². The summed E-state index contributed by atoms with van der Waals surface area (Å²) in [5.41, 5.74) is 0. The Kier molecular flexibility index (Phi) is 3.44. The van der Waals surface area contributed by atoms with Crippen LogP contribution >= 0.6 is 11.3 Å². The Balaban J connectivity index is 2.04. The highest BCUT2D eigenvalue weighted by atomic mass is 32.1. The zero-order chi connectivity index (χ0) is 13.4. The highest BCUT2D eigenvalue weighted by molar-refractivity contribution is 7.18. The summed E-state index contributed by atoms with van der Waals surface area (Å²) in [6.45, 7) is 7.63. The number of aromatic nitrogens is 2. The van der Waals surface area contributed by atoms with Gasteiger partial charge < -0.3 is 5.32 Å². The molecule has 4 heteroatoms. The zero-order valence-electron chi connectivity index (χ0n) is 11.9. The van der Waals surface area contributed by atoms with E-state index in [-0.39, 0.29) is 0 Å². The van der Waals surface area contributed by atoms with Crippen molar-refractivity contribution in [2.45, 2.75) is 46.0 Å². The third kappa shape index (κ3) is 2.46. The molecule has 2 aromatic rings. The fourth-order valence-corrected chi connectivity index (χ4v) is 3.36. The van der Waals surface area contributed by atoms with Crippen molar-refractivity contribution in [3.63, 3.8) is 0 Å². The van der Waals surface area contributed by atoms with Crippen LogP contribution in [-0.2, 0) is 6.42 Å². The summed E-state index contributed by atoms with van der Waals surface area (Å²) >= 11 is 1.81. The fraction of sp³-hybridized carbons (Fsp3) is 0.600. The van der Waals surface area contributed by atoms with E-state index < -0.39 is 0 Å². The molecule has 2 unspecified atom stereocenters. The lowest BCUT2D eigenvalue weighted by Gasteiger charge is -2.07. The Morgan fingerprint density at radius 2 is 2.16 bits per heavy atom. The van der Waals surface area contributed by atoms with Crippen LogP contribution in [0, 0.1) is 5.92 Å². The number of anilines is 1. The van der Waals surface area contributed by atoms with Gasteiger partial charge in [-0.25, -0.2) is 9.97 Å². The van der Waals surface area contributed by atoms with E-state index in [1.807, 2.05) is 11.3 Å². The van der Waals surface area contributed by atoms with Gasteiger partial charge in [0.05, 0.1) is 5.39 Å². The van der Waals surface area contributed by atoms with Crippen LogP contribution in [0.1, 0.15) is 50.2 Å². The molecule has 0 saturated heterocycles. The van der Waals surface area contributed by atoms with Gasteiger partial charge in [0.15, 0.2) is 0 Å². The Hall–Kier alpha value is -1.16. The molecule has 2 heterocycles. The van der Waals surface area contributed by atoms with Gasteiger partial charge in [-0.2, -0.15) is 0 Å². The first-order chi connectivity index (χ1) is 9.22. The van der Waals surface area contributed by atoms with Gasteiger partial charge >= 0.3 is 0 Å². The lowest BCUT2D eigenvalue weighted by molar-refractivity contribution is 0.850. The van der Waals surface area contributed by atoms with Gasteiger partial charge in [0.2, 0.25) is 0 Å². The van der Waals surface area contributed by atoms with Crippen molar-refractivity contribution in [1.82, 2.24) is 9.97 Å². The molecule has 1 aliphatic carbocycles. The van der Waals surface area contributed by atoms with Crippen LogP contribution in [-0.4, -0.2) is 16.5 Å². The molecule has 1 saturated carbocycles. The highest BCUT2D eigenvalue weighted by Gasteiger charge is 2.37. The van der Waals surface area contributed by atoms with Crippen molar-refractivity contribution < 1.29 is 0 Å². The third-order valence-corrected chi connectivity index (χ3v) is 4.97. The molecule has 3 rings (SSSR count). The van der Waals surface area contributed by atoms with Crippen LogP contribution in [0.2, 0.25) is 0 Å². The van der Waals surface area contributed by atoms with Crippen molar-refractivity contribution in [1.29, 1.82) is 0 Å². The van der Waals surface area contributed by atoms with Gasteiger partial charge in [0, 0.05) is 17.3 Å². The van der Waals surface area contributed by atoms with E-state index in [1.54, 1.807) is 0 Å². The topological polar surface area (TPSA) is 37.8 Å². The SMILES string of the molecule is CCCNc1nc(C2CC2C)nc2sc(CC)cc12. The van der Waals surface area contributed by atoms with Gasteiger partial charge in [-0.05, 0) is 31.2 Å². The molecule has 102 valence electrons. The largest absolute Gasteiger partial charge is 0.369 e. The molecular formula is C15H21N3S. The third-order valence-electron chi connectivity index (χ3n) is 3.79. The molecule has 2 atom stereocenters. The molecule has 1 fully saturated rings. The second kappa shape index (κ2) is 5.08. The maximum absolute atomic E-state index is 4.79. The predicted octanol–water partition coefficient (Wildman–Crippen LogP) is 4.20. The van der Waals surface area contributed by atoms with Crippen LogP contribution in [0.25, 0.3) is 10.2 Å². The number of thiophene rings is 1. The van der Waals surface area contributed by atoms with E-state index in [1.165, 1.54) is 16.7 Å². The number of hydrogen-bond acceptors (Lipinski definition) is 4. The van der Waals surface area contributed by atoms with E-state index in [0.29, 0.717) is 5.92 Å². The minimum Gasteiger partial charge on any atom is -0.369 e. The number of fused-ring (bicyclic) bond motifs is 1. The molecule has 0 aromatic carbocycles. The summed E-state index contributed by atoms with van der Waals surface area (Å²) in [4.78, 5) is 12.1. The maximum atomic E-state index is 4.79. The quantitative estimate of drug-likeness (QED) is 0.888. The number of nitrogens with one attached hydrogen (secondary N) is 1. The molecule has 3 nitrogen and oxygen atoms in total. The summed E-state index contributed by atoms with van der Waals surface area (Å²) in [6.07, 6.45) is 3.43. The molecule has 0 bridgehead atoms. The average molecular weight is 275 g/mol. The number of aryl methyl sites for hydroxylation is 1. The minimum atomic E-state index is 0.582. The van der Waals surface area contributed by atoms with Crippen LogP contribution in [0.4, 0.5) is 5.82 Å². The number of hydrogen-bond donors (Lipinski definition) is 1. The van der Waals surface area contributed by atoms with E-state index >= 15 is 0 Å². The summed E-state index contributed by atoms with van der Waals surface area (Å²) in [5.74, 6) is 3.42. The standard InChI is InChI=1S/C15H21N3S/c1-4-6-16-13-12-8-10(5-2)19-15(12)18-14(17-13)11-7-9(11)3/h8-9,11H,4-7H2,1-3H3,(H,16,17,18). The normalized spacial score (nSPS) is 21.8. The second-order valence-electron chi connectivity index (χ2n) is 5.46. The smallest absolute Gasteiger partial charge is 0.138 e. The molecule has 0 radical (unpaired) electrons. The van der Waals surface area contributed by atoms with Gasteiger partial charge in [0.1, 0.15) is 16.5 Å². The number of rotatable bonds is 5. The Bertz CT molecular complexity index is 590. The van der Waals surface area contributed by atoms with E-state index in [4.69, 9.17) is 9.97 Å². The minimum absolute atomic E-state index is 0.582. The molecule has 19 heavy (non-hydrogen) atoms. The van der Waals surface area contributed by atoms with Gasteiger partial charge in [-0.1, -0.05) is 20.8 Å². The Morgan fingerprint density at radius 3 is 2.79 bits per heavy atom. The lowest BCUT2D eigenvalue weighted by Crippen LogP contribution is -2.05. The molecule has 1 N–H and O–H groups in total. The number of nitrogens with zero attached hydrogens (tertiary/aromatic N) is 2. The van der Waals surface area contributed by atoms with Crippen LogP contribution in [0.3, 0.4) is 0 Å². The fourth-order valence-electron chi connectivity index (χ4n) is 2.39. The molecule has 2 aromatic heterocycles. The van der Waals surface area contributed by atoms with Gasteiger partial charge in [0.25, 0.3) is 0 Å². The summed E-state index contributed by atoms with van der Waals surface area (Å²) in [5, 5.41) is 4.67. The first kappa shape index (κ1) is 12.9. The van der Waals surface area contributed by atoms with Gasteiger partial charge in [-0.15, -0.1) is 11.3 Å². The van der Waals surface area contributed by atoms with Crippen molar-refractivity contribution in [3.8, 4) is 0 Å². The Morgan fingerprint density at radius 1 is 1.37 bits per heavy atom. The zero-order valence-corrected chi connectivity index (χ0v) is 12.7. The predicted molar refractivity (Wildman–Crippen MR) is 82.1 cm³/mol. The van der Waals surface area contributed by atoms with Crippen molar-refractivity contribution >= 4 is 27.4 Å². The van der Waals surface area contributed by atoms with Crippen LogP contribution in [0.5, 0.6) is 0 Å². The molecule has 1 aliphatic rings. The molecule has 0 spiro atoms. The first-order valence-corrected chi connectivity index (χ1v) is 8.08. The van der Waals surface area contributed by atoms with Crippen molar-refractivity contribution in [3.05, 3.63) is 16.8 Å². The van der Waals surface area contributed by atoms with E-state index in [9.17, 15) is 0 Å². The van der Waals surface area contributed by atoms with E-state index in [2.05, 4.69) is 32.2 Å². The summed E-state index contributed by atoms with van der Waals surface area (Å²) in [6, 6.07) is 2.25. The molecule has 0 amide bonds. The summed E-state index contributed by atoms with van der Waals surface area (Å²) < 4.78 is 0. The lowest BCUT2D eigenvalue weighted by atomic mass is 10.2. The van der Waals surface area contributed by atoms with Gasteiger partial charge in [-0.3, -0.25) is 0 Å². The van der Waals surface area contributed by atoms with Crippen LogP contribution < -0.4 is 5.32 Å². The first-order valence-electron chi connectivity index (χ1n) is 7.27. The van der Waals surface area contributed by atoms with Crippen LogP contribution in [0.15, 0.2) is 6.07 Å². The molecular weight excluding hydrogens is 254 g/mol. The molecule has 0 aliphatic heterocycles. The summed E-state index contributed by atoms with van der Waals surface area (Å²) in [7, 11) is 0. The monoisotopic (exact) mass is 275 g/mol. The maximum Gasteiger partial charge on any atom is 0.138 e. The van der Waals surface area contributed by atoms with E-state index in [0.717, 1.165) is 41.8 Å². The second-order valence-corrected chi connectivity index (χ2v) is 6.58. The van der Waals surface area contributed by atoms with Crippen molar-refractivity contribution in [2.75, 3.05) is 11.9 Å². The average Bonchev–Trinajstić information content (AvgIpc) is 3.00. The highest BCUT2D eigenvalue weighted by Crippen LogP contribution is 2.46.